The normalized spacial score (nSPS) is 9.53. The summed E-state index contributed by atoms with van der Waals surface area (Å²) in [5.41, 5.74) is 0.468. The Labute approximate surface area is 101 Å². The number of rotatable bonds is 6. The molecule has 1 N–H and O–H groups in total. The van der Waals surface area contributed by atoms with Crippen LogP contribution in [0.4, 0.5) is 0 Å². The van der Waals surface area contributed by atoms with Crippen LogP contribution in [0.5, 0.6) is 11.5 Å². The lowest BCUT2D eigenvalue weighted by molar-refractivity contribution is 0.0951. The lowest BCUT2D eigenvalue weighted by Crippen LogP contribution is -2.24. The predicted molar refractivity (Wildman–Crippen MR) is 66.7 cm³/mol. The highest BCUT2D eigenvalue weighted by Gasteiger charge is 2.12. The Bertz CT molecular complexity index is 402. The highest BCUT2D eigenvalue weighted by Crippen LogP contribution is 2.23. The topological polar surface area (TPSA) is 47.6 Å². The minimum Gasteiger partial charge on any atom is -0.497 e. The number of ether oxygens (including phenoxy) is 2. The van der Waals surface area contributed by atoms with E-state index in [0.29, 0.717) is 23.6 Å². The van der Waals surface area contributed by atoms with Gasteiger partial charge in [-0.15, -0.1) is 6.58 Å². The standard InChI is InChI=1S/C13H17NO3/c1-4-5-8-14-13(15)11-9-10(16-2)6-7-12(11)17-3/h4,6-7,9H,1,5,8H2,2-3H3,(H,14,15). The fourth-order valence-corrected chi connectivity index (χ4v) is 1.37. The number of amides is 1. The van der Waals surface area contributed by atoms with Gasteiger partial charge < -0.3 is 14.8 Å². The maximum absolute atomic E-state index is 11.9. The number of hydrogen-bond acceptors (Lipinski definition) is 3. The van der Waals surface area contributed by atoms with Crippen LogP contribution in [-0.4, -0.2) is 26.7 Å². The third-order valence-corrected chi connectivity index (χ3v) is 2.29. The van der Waals surface area contributed by atoms with Crippen LogP contribution >= 0.6 is 0 Å². The smallest absolute Gasteiger partial charge is 0.255 e. The molecule has 0 aliphatic heterocycles. The largest absolute Gasteiger partial charge is 0.497 e. The Morgan fingerprint density at radius 3 is 2.76 bits per heavy atom. The van der Waals surface area contributed by atoms with E-state index in [1.807, 2.05) is 0 Å². The van der Waals surface area contributed by atoms with Crippen molar-refractivity contribution in [3.05, 3.63) is 36.4 Å². The minimum atomic E-state index is -0.178. The van der Waals surface area contributed by atoms with Crippen molar-refractivity contribution >= 4 is 5.91 Å². The summed E-state index contributed by atoms with van der Waals surface area (Å²) in [4.78, 5) is 11.9. The van der Waals surface area contributed by atoms with Crippen molar-refractivity contribution in [1.82, 2.24) is 5.32 Å². The number of methoxy groups -OCH3 is 2. The van der Waals surface area contributed by atoms with Crippen molar-refractivity contribution in [3.8, 4) is 11.5 Å². The van der Waals surface area contributed by atoms with Crippen LogP contribution in [0.1, 0.15) is 16.8 Å². The Morgan fingerprint density at radius 1 is 1.41 bits per heavy atom. The Balaban J connectivity index is 2.85. The van der Waals surface area contributed by atoms with E-state index < -0.39 is 0 Å². The molecule has 0 unspecified atom stereocenters. The second kappa shape index (κ2) is 6.58. The quantitative estimate of drug-likeness (QED) is 0.606. The van der Waals surface area contributed by atoms with Crippen molar-refractivity contribution in [2.75, 3.05) is 20.8 Å². The van der Waals surface area contributed by atoms with E-state index in [0.717, 1.165) is 6.42 Å². The van der Waals surface area contributed by atoms with Gasteiger partial charge in [0.15, 0.2) is 0 Å². The summed E-state index contributed by atoms with van der Waals surface area (Å²) in [6.07, 6.45) is 2.49. The first-order chi connectivity index (χ1) is 8.22. The zero-order valence-electron chi connectivity index (χ0n) is 10.2. The second-order valence-corrected chi connectivity index (χ2v) is 3.40. The molecule has 0 fully saturated rings. The molecule has 1 amide bonds. The fourth-order valence-electron chi connectivity index (χ4n) is 1.37. The molecule has 0 saturated heterocycles. The predicted octanol–water partition coefficient (Wildman–Crippen LogP) is 2.01. The first kappa shape index (κ1) is 13.1. The van der Waals surface area contributed by atoms with Gasteiger partial charge in [0.1, 0.15) is 11.5 Å². The zero-order chi connectivity index (χ0) is 12.7. The number of carbonyl (C=O) groups is 1. The van der Waals surface area contributed by atoms with Crippen LogP contribution in [-0.2, 0) is 0 Å². The molecule has 0 aliphatic rings. The van der Waals surface area contributed by atoms with Crippen LogP contribution in [0.3, 0.4) is 0 Å². The van der Waals surface area contributed by atoms with Crippen LogP contribution in [0.15, 0.2) is 30.9 Å². The van der Waals surface area contributed by atoms with Gasteiger partial charge in [-0.2, -0.15) is 0 Å². The van der Waals surface area contributed by atoms with E-state index in [9.17, 15) is 4.79 Å². The molecule has 4 nitrogen and oxygen atoms in total. The first-order valence-electron chi connectivity index (χ1n) is 5.34. The molecule has 0 bridgehead atoms. The molecule has 0 radical (unpaired) electrons. The third kappa shape index (κ3) is 3.52. The van der Waals surface area contributed by atoms with Crippen LogP contribution in [0, 0.1) is 0 Å². The minimum absolute atomic E-state index is 0.178. The highest BCUT2D eigenvalue weighted by molar-refractivity contribution is 5.97. The van der Waals surface area contributed by atoms with Crippen molar-refractivity contribution in [2.45, 2.75) is 6.42 Å². The van der Waals surface area contributed by atoms with Crippen molar-refractivity contribution in [1.29, 1.82) is 0 Å². The summed E-state index contributed by atoms with van der Waals surface area (Å²) < 4.78 is 10.2. The van der Waals surface area contributed by atoms with E-state index in [4.69, 9.17) is 9.47 Å². The van der Waals surface area contributed by atoms with E-state index in [-0.39, 0.29) is 5.91 Å². The molecule has 0 spiro atoms. The van der Waals surface area contributed by atoms with Crippen molar-refractivity contribution < 1.29 is 14.3 Å². The molecule has 0 aliphatic carbocycles. The van der Waals surface area contributed by atoms with Gasteiger partial charge in [0.2, 0.25) is 0 Å². The number of carbonyl (C=O) groups excluding carboxylic acids is 1. The SMILES string of the molecule is C=CCCNC(=O)c1cc(OC)ccc1OC. The van der Waals surface area contributed by atoms with Crippen molar-refractivity contribution in [2.24, 2.45) is 0 Å². The highest BCUT2D eigenvalue weighted by atomic mass is 16.5. The van der Waals surface area contributed by atoms with E-state index in [2.05, 4.69) is 11.9 Å². The van der Waals surface area contributed by atoms with Gasteiger partial charge in [0.25, 0.3) is 5.91 Å². The van der Waals surface area contributed by atoms with E-state index >= 15 is 0 Å². The van der Waals surface area contributed by atoms with Crippen LogP contribution in [0.2, 0.25) is 0 Å². The summed E-state index contributed by atoms with van der Waals surface area (Å²) in [6.45, 7) is 4.15. The van der Waals surface area contributed by atoms with Crippen molar-refractivity contribution in [3.63, 3.8) is 0 Å². The molecular formula is C13H17NO3. The Morgan fingerprint density at radius 2 is 2.18 bits per heavy atom. The summed E-state index contributed by atoms with van der Waals surface area (Å²) >= 11 is 0. The molecule has 0 saturated carbocycles. The molecule has 92 valence electrons. The monoisotopic (exact) mass is 235 g/mol. The molecule has 1 aromatic carbocycles. The molecule has 4 heteroatoms. The van der Waals surface area contributed by atoms with Gasteiger partial charge in [-0.05, 0) is 24.6 Å². The van der Waals surface area contributed by atoms with Gasteiger partial charge in [-0.3, -0.25) is 4.79 Å². The van der Waals surface area contributed by atoms with Gasteiger partial charge in [-0.25, -0.2) is 0 Å². The number of hydrogen-bond donors (Lipinski definition) is 1. The summed E-state index contributed by atoms with van der Waals surface area (Å²) in [5.74, 6) is 0.976. The van der Waals surface area contributed by atoms with Gasteiger partial charge >= 0.3 is 0 Å². The fraction of sp³-hybridized carbons (Fsp3) is 0.308. The Kier molecular flexibility index (Phi) is 5.07. The van der Waals surface area contributed by atoms with E-state index in [1.54, 1.807) is 31.4 Å². The number of nitrogens with one attached hydrogen (secondary N) is 1. The molecule has 0 heterocycles. The maximum atomic E-state index is 11.9. The molecule has 0 aromatic heterocycles. The average Bonchev–Trinajstić information content (AvgIpc) is 2.38. The second-order valence-electron chi connectivity index (χ2n) is 3.40. The van der Waals surface area contributed by atoms with Crippen LogP contribution < -0.4 is 14.8 Å². The molecule has 1 rings (SSSR count). The lowest BCUT2D eigenvalue weighted by atomic mass is 10.1. The van der Waals surface area contributed by atoms with E-state index in [1.165, 1.54) is 7.11 Å². The number of benzene rings is 1. The average molecular weight is 235 g/mol. The lowest BCUT2D eigenvalue weighted by Gasteiger charge is -2.10. The first-order valence-corrected chi connectivity index (χ1v) is 5.34. The maximum Gasteiger partial charge on any atom is 0.255 e. The third-order valence-electron chi connectivity index (χ3n) is 2.29. The van der Waals surface area contributed by atoms with Crippen LogP contribution in [0.25, 0.3) is 0 Å². The zero-order valence-corrected chi connectivity index (χ0v) is 10.2. The summed E-state index contributed by atoms with van der Waals surface area (Å²) in [6, 6.07) is 5.11. The molecule has 1 aromatic rings. The molecule has 0 atom stereocenters. The summed E-state index contributed by atoms with van der Waals surface area (Å²) in [5, 5.41) is 2.78. The van der Waals surface area contributed by atoms with Gasteiger partial charge in [-0.1, -0.05) is 6.08 Å². The summed E-state index contributed by atoms with van der Waals surface area (Å²) in [7, 11) is 3.09. The molecule has 17 heavy (non-hydrogen) atoms. The Hall–Kier alpha value is -1.97. The molecular weight excluding hydrogens is 218 g/mol. The van der Waals surface area contributed by atoms with Gasteiger partial charge in [0.05, 0.1) is 19.8 Å². The van der Waals surface area contributed by atoms with Gasteiger partial charge in [0, 0.05) is 6.54 Å².